The minimum atomic E-state index is 0.346. The summed E-state index contributed by atoms with van der Waals surface area (Å²) in [5.74, 6) is 1.29. The molecule has 1 aromatic carbocycles. The zero-order chi connectivity index (χ0) is 9.97. The van der Waals surface area contributed by atoms with Gasteiger partial charge in [0.05, 0.1) is 0 Å². The predicted molar refractivity (Wildman–Crippen MR) is 58.2 cm³/mol. The maximum Gasteiger partial charge on any atom is 0.0465 e. The van der Waals surface area contributed by atoms with Crippen molar-refractivity contribution in [1.29, 1.82) is 0 Å². The molecule has 1 N–H and O–H groups in total. The number of aliphatic hydroxyl groups excluding tert-OH is 1. The van der Waals surface area contributed by atoms with Crippen molar-refractivity contribution < 1.29 is 5.11 Å². The SMILES string of the molecule is Cc1ccc(CC(CO)C2CC2)cc1. The van der Waals surface area contributed by atoms with Crippen molar-refractivity contribution >= 4 is 0 Å². The lowest BCUT2D eigenvalue weighted by atomic mass is 9.95. The van der Waals surface area contributed by atoms with Gasteiger partial charge in [0.2, 0.25) is 0 Å². The van der Waals surface area contributed by atoms with Crippen LogP contribution in [-0.2, 0) is 6.42 Å². The number of aryl methyl sites for hydroxylation is 1. The van der Waals surface area contributed by atoms with Gasteiger partial charge >= 0.3 is 0 Å². The maximum absolute atomic E-state index is 9.25. The molecule has 1 aliphatic carbocycles. The summed E-state index contributed by atoms with van der Waals surface area (Å²) in [5.41, 5.74) is 2.67. The molecule has 0 spiro atoms. The van der Waals surface area contributed by atoms with Crippen LogP contribution in [0, 0.1) is 18.8 Å². The van der Waals surface area contributed by atoms with Gasteiger partial charge in [0.25, 0.3) is 0 Å². The third-order valence-electron chi connectivity index (χ3n) is 3.14. The molecule has 0 saturated heterocycles. The monoisotopic (exact) mass is 190 g/mol. The van der Waals surface area contributed by atoms with E-state index >= 15 is 0 Å². The standard InChI is InChI=1S/C13H18O/c1-10-2-4-11(5-3-10)8-13(9-14)12-6-7-12/h2-5,12-14H,6-9H2,1H3. The molecule has 0 bridgehead atoms. The zero-order valence-corrected chi connectivity index (χ0v) is 8.74. The topological polar surface area (TPSA) is 20.2 Å². The van der Waals surface area contributed by atoms with E-state index in [1.54, 1.807) is 0 Å². The summed E-state index contributed by atoms with van der Waals surface area (Å²) < 4.78 is 0. The Balaban J connectivity index is 1.98. The molecule has 1 nitrogen and oxygen atoms in total. The second-order valence-corrected chi connectivity index (χ2v) is 4.47. The van der Waals surface area contributed by atoms with Crippen molar-refractivity contribution in [3.05, 3.63) is 35.4 Å². The quantitative estimate of drug-likeness (QED) is 0.773. The minimum absolute atomic E-state index is 0.346. The molecular formula is C13H18O. The Morgan fingerprint density at radius 3 is 2.43 bits per heavy atom. The molecule has 1 unspecified atom stereocenters. The minimum Gasteiger partial charge on any atom is -0.396 e. The van der Waals surface area contributed by atoms with E-state index in [0.29, 0.717) is 12.5 Å². The Morgan fingerprint density at radius 1 is 1.29 bits per heavy atom. The molecule has 1 saturated carbocycles. The average molecular weight is 190 g/mol. The Labute approximate surface area is 85.8 Å². The number of hydrogen-bond acceptors (Lipinski definition) is 1. The smallest absolute Gasteiger partial charge is 0.0465 e. The van der Waals surface area contributed by atoms with E-state index in [1.165, 1.54) is 24.0 Å². The Kier molecular flexibility index (Phi) is 2.87. The summed E-state index contributed by atoms with van der Waals surface area (Å²) in [4.78, 5) is 0. The Morgan fingerprint density at radius 2 is 1.93 bits per heavy atom. The van der Waals surface area contributed by atoms with Crippen molar-refractivity contribution in [3.8, 4) is 0 Å². The second kappa shape index (κ2) is 4.14. The van der Waals surface area contributed by atoms with Crippen molar-refractivity contribution in [3.63, 3.8) is 0 Å². The van der Waals surface area contributed by atoms with Gasteiger partial charge in [-0.05, 0) is 43.6 Å². The van der Waals surface area contributed by atoms with Gasteiger partial charge in [0.1, 0.15) is 0 Å². The molecule has 76 valence electrons. The molecule has 1 aromatic rings. The van der Waals surface area contributed by atoms with Gasteiger partial charge < -0.3 is 5.11 Å². The van der Waals surface area contributed by atoms with E-state index in [1.807, 2.05) is 0 Å². The van der Waals surface area contributed by atoms with Gasteiger partial charge in [-0.25, -0.2) is 0 Å². The van der Waals surface area contributed by atoms with Gasteiger partial charge in [-0.1, -0.05) is 29.8 Å². The van der Waals surface area contributed by atoms with Gasteiger partial charge in [0.15, 0.2) is 0 Å². The number of rotatable bonds is 4. The molecule has 0 aliphatic heterocycles. The van der Waals surface area contributed by atoms with Crippen LogP contribution in [0.5, 0.6) is 0 Å². The van der Waals surface area contributed by atoms with E-state index in [2.05, 4.69) is 31.2 Å². The van der Waals surface area contributed by atoms with Gasteiger partial charge in [0, 0.05) is 6.61 Å². The lowest BCUT2D eigenvalue weighted by Crippen LogP contribution is -2.11. The van der Waals surface area contributed by atoms with Crippen LogP contribution < -0.4 is 0 Å². The van der Waals surface area contributed by atoms with Crippen LogP contribution in [0.3, 0.4) is 0 Å². The summed E-state index contributed by atoms with van der Waals surface area (Å²) in [6.07, 6.45) is 3.68. The van der Waals surface area contributed by atoms with Gasteiger partial charge in [-0.15, -0.1) is 0 Å². The molecule has 1 fully saturated rings. The zero-order valence-electron chi connectivity index (χ0n) is 8.74. The normalized spacial score (nSPS) is 18.1. The maximum atomic E-state index is 9.25. The van der Waals surface area contributed by atoms with E-state index in [9.17, 15) is 5.11 Å². The summed E-state index contributed by atoms with van der Waals surface area (Å²) in [5, 5.41) is 9.25. The second-order valence-electron chi connectivity index (χ2n) is 4.47. The van der Waals surface area contributed by atoms with Crippen LogP contribution in [0.4, 0.5) is 0 Å². The highest BCUT2D eigenvalue weighted by Crippen LogP contribution is 2.38. The summed E-state index contributed by atoms with van der Waals surface area (Å²) in [6, 6.07) is 8.66. The fourth-order valence-electron chi connectivity index (χ4n) is 1.97. The molecule has 0 heterocycles. The molecule has 14 heavy (non-hydrogen) atoms. The third kappa shape index (κ3) is 2.36. The molecule has 1 heteroatoms. The molecule has 0 radical (unpaired) electrons. The molecule has 0 amide bonds. The van der Waals surface area contributed by atoms with Gasteiger partial charge in [-0.2, -0.15) is 0 Å². The van der Waals surface area contributed by atoms with Gasteiger partial charge in [-0.3, -0.25) is 0 Å². The van der Waals surface area contributed by atoms with Crippen molar-refractivity contribution in [2.75, 3.05) is 6.61 Å². The van der Waals surface area contributed by atoms with Crippen LogP contribution >= 0.6 is 0 Å². The van der Waals surface area contributed by atoms with Crippen LogP contribution in [0.1, 0.15) is 24.0 Å². The molecule has 1 atom stereocenters. The summed E-state index contributed by atoms with van der Waals surface area (Å²) in [7, 11) is 0. The first-order valence-electron chi connectivity index (χ1n) is 5.46. The highest BCUT2D eigenvalue weighted by Gasteiger charge is 2.30. The number of hydrogen-bond donors (Lipinski definition) is 1. The largest absolute Gasteiger partial charge is 0.396 e. The molecule has 0 aromatic heterocycles. The van der Waals surface area contributed by atoms with Crippen molar-refractivity contribution in [1.82, 2.24) is 0 Å². The van der Waals surface area contributed by atoms with Crippen molar-refractivity contribution in [2.45, 2.75) is 26.2 Å². The lowest BCUT2D eigenvalue weighted by molar-refractivity contribution is 0.209. The fraction of sp³-hybridized carbons (Fsp3) is 0.538. The first-order valence-corrected chi connectivity index (χ1v) is 5.46. The van der Waals surface area contributed by atoms with E-state index < -0.39 is 0 Å². The first kappa shape index (κ1) is 9.72. The van der Waals surface area contributed by atoms with Crippen LogP contribution in [0.15, 0.2) is 24.3 Å². The average Bonchev–Trinajstić information content (AvgIpc) is 3.01. The van der Waals surface area contributed by atoms with E-state index in [0.717, 1.165) is 12.3 Å². The lowest BCUT2D eigenvalue weighted by Gasteiger charge is -2.12. The van der Waals surface area contributed by atoms with Crippen LogP contribution in [0.25, 0.3) is 0 Å². The van der Waals surface area contributed by atoms with Crippen molar-refractivity contribution in [2.24, 2.45) is 11.8 Å². The molecule has 2 rings (SSSR count). The predicted octanol–water partition coefficient (Wildman–Crippen LogP) is 2.56. The van der Waals surface area contributed by atoms with E-state index in [-0.39, 0.29) is 0 Å². The fourth-order valence-corrected chi connectivity index (χ4v) is 1.97. The van der Waals surface area contributed by atoms with Crippen LogP contribution in [-0.4, -0.2) is 11.7 Å². The Bertz CT molecular complexity index is 285. The summed E-state index contributed by atoms with van der Waals surface area (Å²) >= 11 is 0. The van der Waals surface area contributed by atoms with Crippen LogP contribution in [0.2, 0.25) is 0 Å². The van der Waals surface area contributed by atoms with E-state index in [4.69, 9.17) is 0 Å². The number of benzene rings is 1. The number of aliphatic hydroxyl groups is 1. The summed E-state index contributed by atoms with van der Waals surface area (Å²) in [6.45, 7) is 2.45. The highest BCUT2D eigenvalue weighted by molar-refractivity contribution is 5.21. The molecule has 1 aliphatic rings. The first-order chi connectivity index (χ1) is 6.79. The third-order valence-corrected chi connectivity index (χ3v) is 3.14. The Hall–Kier alpha value is -0.820. The molecular weight excluding hydrogens is 172 g/mol. The highest BCUT2D eigenvalue weighted by atomic mass is 16.3.